The van der Waals surface area contributed by atoms with Gasteiger partial charge in [0.15, 0.2) is 28.9 Å². The van der Waals surface area contributed by atoms with Crippen LogP contribution in [0.1, 0.15) is 0 Å². The fourth-order valence-corrected chi connectivity index (χ4v) is 3.79. The van der Waals surface area contributed by atoms with Gasteiger partial charge >= 0.3 is 0 Å². The number of rotatable bonds is 5. The molecule has 0 aliphatic heterocycles. The Balaban J connectivity index is 1.40. The summed E-state index contributed by atoms with van der Waals surface area (Å²) >= 11 is 23.0. The van der Waals surface area contributed by atoms with Gasteiger partial charge in [0.1, 0.15) is 11.3 Å². The Kier molecular flexibility index (Phi) is 7.18. The number of ether oxygens (including phenoxy) is 1. The van der Waals surface area contributed by atoms with Crippen molar-refractivity contribution in [1.82, 2.24) is 10.3 Å². The highest BCUT2D eigenvalue weighted by Crippen LogP contribution is 2.32. The minimum atomic E-state index is -1.08. The van der Waals surface area contributed by atoms with Crippen molar-refractivity contribution < 1.29 is 22.7 Å². The molecule has 174 valence electrons. The Morgan fingerprint density at radius 1 is 1.03 bits per heavy atom. The number of amides is 1. The Hall–Kier alpha value is -2.98. The zero-order chi connectivity index (χ0) is 24.4. The standard InChI is InChI=1S/C22H12Cl3F2N3O3S/c23-10-1-3-18(14(25)5-10)32-9-20(31)30-22(34)28-11-2-4-19-17(6-11)29-21(33-19)12-7-15(26)16(27)8-13(12)24/h1-8H,9H2,(H2,28,30,31,34). The molecule has 0 saturated heterocycles. The molecule has 4 aromatic rings. The molecule has 6 nitrogen and oxygen atoms in total. The molecule has 1 heterocycles. The fourth-order valence-electron chi connectivity index (χ4n) is 2.87. The number of oxazole rings is 1. The quantitative estimate of drug-likeness (QED) is 0.218. The maximum Gasteiger partial charge on any atom is 0.264 e. The van der Waals surface area contributed by atoms with E-state index in [2.05, 4.69) is 15.6 Å². The number of carbonyl (C=O) groups is 1. The summed E-state index contributed by atoms with van der Waals surface area (Å²) in [6.45, 7) is -0.330. The van der Waals surface area contributed by atoms with Crippen LogP contribution in [0, 0.1) is 11.6 Å². The van der Waals surface area contributed by atoms with Gasteiger partial charge in [-0.3, -0.25) is 10.1 Å². The first-order chi connectivity index (χ1) is 16.2. The molecule has 0 unspecified atom stereocenters. The zero-order valence-corrected chi connectivity index (χ0v) is 19.9. The van der Waals surface area contributed by atoms with Crippen molar-refractivity contribution in [3.05, 3.63) is 75.2 Å². The summed E-state index contributed by atoms with van der Waals surface area (Å²) in [7, 11) is 0. The summed E-state index contributed by atoms with van der Waals surface area (Å²) in [4.78, 5) is 16.4. The number of nitrogens with zero attached hydrogens (tertiary/aromatic N) is 1. The Bertz CT molecular complexity index is 1430. The first-order valence-corrected chi connectivity index (χ1v) is 11.0. The van der Waals surface area contributed by atoms with Gasteiger partial charge in [-0.2, -0.15) is 0 Å². The molecule has 3 aromatic carbocycles. The van der Waals surface area contributed by atoms with Crippen LogP contribution in [-0.4, -0.2) is 22.6 Å². The molecule has 0 saturated carbocycles. The lowest BCUT2D eigenvalue weighted by Crippen LogP contribution is -2.37. The van der Waals surface area contributed by atoms with Crippen molar-refractivity contribution in [2.24, 2.45) is 0 Å². The molecule has 0 bridgehead atoms. The highest BCUT2D eigenvalue weighted by molar-refractivity contribution is 7.80. The molecule has 0 aliphatic carbocycles. The Labute approximate surface area is 211 Å². The van der Waals surface area contributed by atoms with Crippen LogP contribution in [0.25, 0.3) is 22.6 Å². The maximum atomic E-state index is 13.6. The first kappa shape index (κ1) is 24.2. The fraction of sp³-hybridized carbons (Fsp3) is 0.0455. The highest BCUT2D eigenvalue weighted by atomic mass is 35.5. The second-order valence-electron chi connectivity index (χ2n) is 6.81. The number of aromatic nitrogens is 1. The number of hydrogen-bond donors (Lipinski definition) is 2. The molecule has 0 fully saturated rings. The van der Waals surface area contributed by atoms with Crippen molar-refractivity contribution in [2.75, 3.05) is 11.9 Å². The van der Waals surface area contributed by atoms with Gasteiger partial charge in [-0.15, -0.1) is 0 Å². The molecule has 4 rings (SSSR count). The third-order valence-electron chi connectivity index (χ3n) is 4.39. The number of halogens is 5. The van der Waals surface area contributed by atoms with Crippen LogP contribution < -0.4 is 15.4 Å². The Morgan fingerprint density at radius 2 is 1.79 bits per heavy atom. The molecule has 12 heteroatoms. The van der Waals surface area contributed by atoms with Crippen LogP contribution in [0.3, 0.4) is 0 Å². The second kappa shape index (κ2) is 10.1. The van der Waals surface area contributed by atoms with Crippen molar-refractivity contribution in [1.29, 1.82) is 0 Å². The van der Waals surface area contributed by atoms with E-state index in [9.17, 15) is 13.6 Å². The smallest absolute Gasteiger partial charge is 0.264 e. The van der Waals surface area contributed by atoms with E-state index in [1.807, 2.05) is 0 Å². The van der Waals surface area contributed by atoms with Gasteiger partial charge in [0.2, 0.25) is 5.89 Å². The van der Waals surface area contributed by atoms with Crippen molar-refractivity contribution >= 4 is 74.8 Å². The summed E-state index contributed by atoms with van der Waals surface area (Å²) in [6, 6.07) is 11.2. The summed E-state index contributed by atoms with van der Waals surface area (Å²) in [5.74, 6) is -2.35. The first-order valence-electron chi connectivity index (χ1n) is 9.44. The number of hydrogen-bond acceptors (Lipinski definition) is 5. The third kappa shape index (κ3) is 5.56. The summed E-state index contributed by atoms with van der Waals surface area (Å²) in [6.07, 6.45) is 0. The lowest BCUT2D eigenvalue weighted by molar-refractivity contribution is -0.121. The lowest BCUT2D eigenvalue weighted by Gasteiger charge is -2.11. The monoisotopic (exact) mass is 541 g/mol. The molecule has 0 spiro atoms. The lowest BCUT2D eigenvalue weighted by atomic mass is 10.2. The van der Waals surface area contributed by atoms with Crippen LogP contribution in [0.5, 0.6) is 5.75 Å². The molecule has 2 N–H and O–H groups in total. The molecule has 0 radical (unpaired) electrons. The number of nitrogens with one attached hydrogen (secondary N) is 2. The molecular formula is C22H12Cl3F2N3O3S. The number of benzene rings is 3. The van der Waals surface area contributed by atoms with E-state index >= 15 is 0 Å². The van der Waals surface area contributed by atoms with E-state index in [-0.39, 0.29) is 33.2 Å². The number of carbonyl (C=O) groups excluding carboxylic acids is 1. The van der Waals surface area contributed by atoms with E-state index in [1.165, 1.54) is 6.07 Å². The third-order valence-corrected chi connectivity index (χ3v) is 5.44. The van der Waals surface area contributed by atoms with E-state index in [0.717, 1.165) is 12.1 Å². The van der Waals surface area contributed by atoms with Crippen LogP contribution in [0.2, 0.25) is 15.1 Å². The van der Waals surface area contributed by atoms with E-state index in [0.29, 0.717) is 27.6 Å². The number of anilines is 1. The van der Waals surface area contributed by atoms with Crippen LogP contribution in [0.4, 0.5) is 14.5 Å². The predicted octanol–water partition coefficient (Wildman–Crippen LogP) is 6.63. The van der Waals surface area contributed by atoms with E-state index in [4.69, 9.17) is 56.2 Å². The van der Waals surface area contributed by atoms with Gasteiger partial charge in [0.25, 0.3) is 5.91 Å². The zero-order valence-electron chi connectivity index (χ0n) is 16.8. The van der Waals surface area contributed by atoms with Gasteiger partial charge in [-0.1, -0.05) is 34.8 Å². The van der Waals surface area contributed by atoms with Crippen molar-refractivity contribution in [3.63, 3.8) is 0 Å². The highest BCUT2D eigenvalue weighted by Gasteiger charge is 2.16. The molecule has 1 aromatic heterocycles. The molecule has 0 atom stereocenters. The van der Waals surface area contributed by atoms with Gasteiger partial charge in [0.05, 0.1) is 15.6 Å². The molecule has 0 aliphatic rings. The minimum Gasteiger partial charge on any atom is -0.482 e. The number of fused-ring (bicyclic) bond motifs is 1. The minimum absolute atomic E-state index is 0.0162. The van der Waals surface area contributed by atoms with Gasteiger partial charge < -0.3 is 14.5 Å². The number of thiocarbonyl (C=S) groups is 1. The average Bonchev–Trinajstić information content (AvgIpc) is 3.18. The van der Waals surface area contributed by atoms with Gasteiger partial charge in [-0.05, 0) is 60.7 Å². The normalized spacial score (nSPS) is 10.9. The second-order valence-corrected chi connectivity index (χ2v) is 8.47. The van der Waals surface area contributed by atoms with Crippen LogP contribution >= 0.6 is 47.0 Å². The molecule has 34 heavy (non-hydrogen) atoms. The summed E-state index contributed by atoms with van der Waals surface area (Å²) in [5, 5.41) is 6.00. The summed E-state index contributed by atoms with van der Waals surface area (Å²) < 4.78 is 37.9. The Morgan fingerprint density at radius 3 is 2.56 bits per heavy atom. The predicted molar refractivity (Wildman–Crippen MR) is 131 cm³/mol. The average molecular weight is 543 g/mol. The molecule has 1 amide bonds. The largest absolute Gasteiger partial charge is 0.482 e. The molecular weight excluding hydrogens is 531 g/mol. The van der Waals surface area contributed by atoms with Gasteiger partial charge in [0, 0.05) is 10.7 Å². The van der Waals surface area contributed by atoms with Crippen LogP contribution in [-0.2, 0) is 4.79 Å². The van der Waals surface area contributed by atoms with Crippen molar-refractivity contribution in [3.8, 4) is 17.2 Å². The topological polar surface area (TPSA) is 76.4 Å². The van der Waals surface area contributed by atoms with E-state index < -0.39 is 17.5 Å². The SMILES string of the molecule is O=C(COc1ccc(Cl)cc1Cl)NC(=S)Nc1ccc2oc(-c3cc(F)c(F)cc3Cl)nc2c1. The van der Waals surface area contributed by atoms with Crippen molar-refractivity contribution in [2.45, 2.75) is 0 Å². The maximum absolute atomic E-state index is 13.6. The van der Waals surface area contributed by atoms with Gasteiger partial charge in [-0.25, -0.2) is 13.8 Å². The van der Waals surface area contributed by atoms with Crippen LogP contribution in [0.15, 0.2) is 52.9 Å². The van der Waals surface area contributed by atoms with E-state index in [1.54, 1.807) is 30.3 Å². The summed E-state index contributed by atoms with van der Waals surface area (Å²) in [5.41, 5.74) is 1.38.